The molecule has 0 N–H and O–H groups in total. The number of hydrogen-bond donors (Lipinski definition) is 0. The Morgan fingerprint density at radius 2 is 1.64 bits per heavy atom. The monoisotopic (exact) mass is 234 g/mol. The first-order valence-corrected chi connectivity index (χ1v) is 8.50. The molecule has 2 nitrogen and oxygen atoms in total. The van der Waals surface area contributed by atoms with E-state index < -0.39 is 8.87 Å². The Hall–Kier alpha value is 0.300. The highest BCUT2D eigenvalue weighted by atomic mass is 33.1. The van der Waals surface area contributed by atoms with Crippen LogP contribution in [0, 0.1) is 23.7 Å². The van der Waals surface area contributed by atoms with Crippen LogP contribution in [0.2, 0.25) is 0 Å². The first-order chi connectivity index (χ1) is 6.48. The Morgan fingerprint density at radius 3 is 2.29 bits per heavy atom. The second kappa shape index (κ2) is 3.71. The topological polar surface area (TPSA) is 34.1 Å². The summed E-state index contributed by atoms with van der Waals surface area (Å²) in [6.07, 6.45) is 2.35. The first-order valence-electron chi connectivity index (χ1n) is 5.35. The third-order valence-electron chi connectivity index (χ3n) is 3.87. The predicted octanol–water partition coefficient (Wildman–Crippen LogP) is 2.36. The van der Waals surface area contributed by atoms with Crippen LogP contribution < -0.4 is 0 Å². The Bertz CT molecular complexity index is 310. The molecule has 1 saturated carbocycles. The maximum atomic E-state index is 11.5. The van der Waals surface area contributed by atoms with E-state index in [1.54, 1.807) is 0 Å². The second-order valence-electron chi connectivity index (χ2n) is 4.95. The van der Waals surface area contributed by atoms with Crippen molar-refractivity contribution in [3.05, 3.63) is 0 Å². The van der Waals surface area contributed by atoms with Crippen LogP contribution >= 0.6 is 10.8 Å². The van der Waals surface area contributed by atoms with Crippen LogP contribution in [0.25, 0.3) is 0 Å². The van der Waals surface area contributed by atoms with Crippen molar-refractivity contribution in [2.75, 3.05) is 11.5 Å². The summed E-state index contributed by atoms with van der Waals surface area (Å²) in [4.78, 5) is 0. The quantitative estimate of drug-likeness (QED) is 0.603. The predicted molar refractivity (Wildman–Crippen MR) is 60.8 cm³/mol. The average Bonchev–Trinajstić information content (AvgIpc) is 2.07. The van der Waals surface area contributed by atoms with Gasteiger partial charge in [-0.05, 0) is 47.3 Å². The summed E-state index contributed by atoms with van der Waals surface area (Å²) in [5.74, 6) is 3.86. The minimum absolute atomic E-state index is 0.430. The average molecular weight is 234 g/mol. The molecular weight excluding hydrogens is 216 g/mol. The zero-order valence-electron chi connectivity index (χ0n) is 8.77. The summed E-state index contributed by atoms with van der Waals surface area (Å²) in [6.45, 7) is 4.56. The lowest BCUT2D eigenvalue weighted by atomic mass is 9.71. The molecule has 0 aromatic rings. The molecular formula is C10H18O2S2. The zero-order chi connectivity index (χ0) is 10.3. The minimum Gasteiger partial charge on any atom is -0.217 e. The Labute approximate surface area is 90.2 Å². The maximum absolute atomic E-state index is 11.5. The molecule has 2 rings (SSSR count). The van der Waals surface area contributed by atoms with Gasteiger partial charge >= 0.3 is 0 Å². The lowest BCUT2D eigenvalue weighted by molar-refractivity contribution is 0.160. The molecule has 14 heavy (non-hydrogen) atoms. The highest BCUT2D eigenvalue weighted by Gasteiger charge is 2.39. The van der Waals surface area contributed by atoms with Crippen molar-refractivity contribution < 1.29 is 8.42 Å². The van der Waals surface area contributed by atoms with Crippen LogP contribution in [0.5, 0.6) is 0 Å². The maximum Gasteiger partial charge on any atom is 0.201 e. The van der Waals surface area contributed by atoms with Gasteiger partial charge in [0.15, 0.2) is 0 Å². The van der Waals surface area contributed by atoms with Crippen LogP contribution in [0.1, 0.15) is 26.7 Å². The molecule has 4 heteroatoms. The van der Waals surface area contributed by atoms with E-state index >= 15 is 0 Å². The van der Waals surface area contributed by atoms with Crippen molar-refractivity contribution in [3.8, 4) is 0 Å². The highest BCUT2D eigenvalue weighted by Crippen LogP contribution is 2.44. The van der Waals surface area contributed by atoms with E-state index in [4.69, 9.17) is 0 Å². The molecule has 0 amide bonds. The molecule has 2 aliphatic rings. The fraction of sp³-hybridized carbons (Fsp3) is 1.00. The molecule has 0 aromatic carbocycles. The summed E-state index contributed by atoms with van der Waals surface area (Å²) in [6, 6.07) is 0. The van der Waals surface area contributed by atoms with Gasteiger partial charge in [0.25, 0.3) is 0 Å². The summed E-state index contributed by atoms with van der Waals surface area (Å²) in [7, 11) is -1.60. The van der Waals surface area contributed by atoms with Crippen molar-refractivity contribution in [3.63, 3.8) is 0 Å². The molecule has 0 radical (unpaired) electrons. The van der Waals surface area contributed by atoms with Gasteiger partial charge in [-0.15, -0.1) is 0 Å². The summed E-state index contributed by atoms with van der Waals surface area (Å²) >= 11 is 0. The van der Waals surface area contributed by atoms with E-state index in [2.05, 4.69) is 13.8 Å². The first kappa shape index (κ1) is 10.8. The molecule has 1 aliphatic carbocycles. The standard InChI is InChI=1S/C10H18O2S2/c1-7-3-9-5-13-14(11,12)6-10(9)4-8(7)2/h7-10H,3-6H2,1-2H3/t7-,8-,9?,10?/m0/s1. The van der Waals surface area contributed by atoms with Gasteiger partial charge in [-0.3, -0.25) is 0 Å². The Morgan fingerprint density at radius 1 is 1.07 bits per heavy atom. The Balaban J connectivity index is 2.09. The van der Waals surface area contributed by atoms with Gasteiger partial charge in [0.2, 0.25) is 8.87 Å². The van der Waals surface area contributed by atoms with Gasteiger partial charge in [0.05, 0.1) is 5.75 Å². The lowest BCUT2D eigenvalue weighted by Gasteiger charge is -2.40. The van der Waals surface area contributed by atoms with Crippen molar-refractivity contribution in [2.24, 2.45) is 23.7 Å². The zero-order valence-corrected chi connectivity index (χ0v) is 10.4. The molecule has 1 heterocycles. The molecule has 82 valence electrons. The van der Waals surface area contributed by atoms with E-state index in [0.29, 0.717) is 23.5 Å². The lowest BCUT2D eigenvalue weighted by Crippen LogP contribution is -2.37. The van der Waals surface area contributed by atoms with Crippen molar-refractivity contribution in [1.29, 1.82) is 0 Å². The molecule has 0 aromatic heterocycles. The fourth-order valence-electron chi connectivity index (χ4n) is 2.71. The van der Waals surface area contributed by atoms with E-state index in [9.17, 15) is 8.42 Å². The van der Waals surface area contributed by atoms with Gasteiger partial charge in [-0.25, -0.2) is 8.42 Å². The molecule has 0 spiro atoms. The van der Waals surface area contributed by atoms with Gasteiger partial charge in [-0.1, -0.05) is 13.8 Å². The van der Waals surface area contributed by atoms with E-state index in [1.807, 2.05) is 0 Å². The summed E-state index contributed by atoms with van der Waals surface area (Å²) in [5.41, 5.74) is 0. The molecule has 0 bridgehead atoms. The second-order valence-corrected chi connectivity index (χ2v) is 9.20. The smallest absolute Gasteiger partial charge is 0.201 e. The summed E-state index contributed by atoms with van der Waals surface area (Å²) in [5, 5.41) is 0. The molecule has 2 fully saturated rings. The highest BCUT2D eigenvalue weighted by molar-refractivity contribution is 8.72. The van der Waals surface area contributed by atoms with E-state index in [-0.39, 0.29) is 0 Å². The minimum atomic E-state index is -2.78. The van der Waals surface area contributed by atoms with Crippen LogP contribution in [0.15, 0.2) is 0 Å². The molecule has 1 saturated heterocycles. The van der Waals surface area contributed by atoms with Gasteiger partial charge in [0.1, 0.15) is 0 Å². The number of hydrogen-bond acceptors (Lipinski definition) is 3. The van der Waals surface area contributed by atoms with E-state index in [0.717, 1.165) is 18.1 Å². The van der Waals surface area contributed by atoms with Crippen LogP contribution in [0.4, 0.5) is 0 Å². The number of fused-ring (bicyclic) bond motifs is 1. The molecule has 4 atom stereocenters. The van der Waals surface area contributed by atoms with Gasteiger partial charge < -0.3 is 0 Å². The Kier molecular flexibility index (Phi) is 2.86. The van der Waals surface area contributed by atoms with Crippen LogP contribution in [0.3, 0.4) is 0 Å². The third kappa shape index (κ3) is 2.11. The largest absolute Gasteiger partial charge is 0.217 e. The SMILES string of the molecule is C[C@H]1CC2CSS(=O)(=O)CC2C[C@@H]1C. The van der Waals surface area contributed by atoms with Gasteiger partial charge in [-0.2, -0.15) is 0 Å². The molecule has 2 unspecified atom stereocenters. The van der Waals surface area contributed by atoms with Gasteiger partial charge in [0, 0.05) is 5.75 Å². The third-order valence-corrected chi connectivity index (χ3v) is 7.52. The van der Waals surface area contributed by atoms with Crippen molar-refractivity contribution in [2.45, 2.75) is 26.7 Å². The van der Waals surface area contributed by atoms with E-state index in [1.165, 1.54) is 17.2 Å². The van der Waals surface area contributed by atoms with Crippen molar-refractivity contribution in [1.82, 2.24) is 0 Å². The van der Waals surface area contributed by atoms with Crippen LogP contribution in [-0.4, -0.2) is 19.9 Å². The normalized spacial score (nSPS) is 47.0. The summed E-state index contributed by atoms with van der Waals surface area (Å²) < 4.78 is 22.9. The van der Waals surface area contributed by atoms with Crippen LogP contribution in [-0.2, 0) is 8.87 Å². The number of rotatable bonds is 0. The van der Waals surface area contributed by atoms with Crippen molar-refractivity contribution >= 4 is 19.7 Å². The fourth-order valence-corrected chi connectivity index (χ4v) is 6.49. The molecule has 1 aliphatic heterocycles.